The van der Waals surface area contributed by atoms with E-state index in [1.54, 1.807) is 18.3 Å². The number of aromatic nitrogens is 4. The number of hydrogen-bond acceptors (Lipinski definition) is 9. The number of nitrogens with one attached hydrogen (secondary N) is 3. The SMILES string of the molecule is CC(C)c1ccc2c(Nc3cc(NC(=O)c4ccc(Br)cn4)ccc3Sc3ccc(NC(=O)OCC4c5ccccc5-c5ccccc54)cc3)ncnc2n1. The third-order valence-electron chi connectivity index (χ3n) is 9.23. The van der Waals surface area contributed by atoms with Crippen LogP contribution >= 0.6 is 27.7 Å². The number of fused-ring (bicyclic) bond motifs is 4. The molecule has 7 aromatic rings. The molecule has 0 aliphatic heterocycles. The molecule has 0 atom stereocenters. The van der Waals surface area contributed by atoms with Crippen molar-refractivity contribution in [1.29, 1.82) is 0 Å². The first kappa shape index (κ1) is 35.9. The number of halogens is 1. The smallest absolute Gasteiger partial charge is 0.411 e. The molecule has 0 bridgehead atoms. The molecule has 1 aliphatic rings. The summed E-state index contributed by atoms with van der Waals surface area (Å²) in [6.45, 7) is 4.41. The lowest BCUT2D eigenvalue weighted by atomic mass is 9.98. The second-order valence-electron chi connectivity index (χ2n) is 13.2. The highest BCUT2D eigenvalue weighted by molar-refractivity contribution is 9.10. The summed E-state index contributed by atoms with van der Waals surface area (Å²) >= 11 is 4.88. The number of nitrogens with zero attached hydrogens (tertiary/aromatic N) is 4. The molecule has 0 saturated heterocycles. The molecule has 0 unspecified atom stereocenters. The first-order chi connectivity index (χ1) is 26.8. The van der Waals surface area contributed by atoms with E-state index < -0.39 is 6.09 Å². The number of pyridine rings is 2. The van der Waals surface area contributed by atoms with Crippen LogP contribution in [0.2, 0.25) is 0 Å². The number of hydrogen-bond donors (Lipinski definition) is 3. The first-order valence-corrected chi connectivity index (χ1v) is 19.3. The second kappa shape index (κ2) is 15.7. The van der Waals surface area contributed by atoms with Crippen LogP contribution in [0.5, 0.6) is 0 Å². The van der Waals surface area contributed by atoms with Crippen molar-refractivity contribution in [2.45, 2.75) is 35.5 Å². The minimum Gasteiger partial charge on any atom is -0.448 e. The van der Waals surface area contributed by atoms with Crippen molar-refractivity contribution >= 4 is 73.6 Å². The van der Waals surface area contributed by atoms with Gasteiger partial charge in [-0.3, -0.25) is 10.1 Å². The topological polar surface area (TPSA) is 131 Å². The van der Waals surface area contributed by atoms with Crippen molar-refractivity contribution in [3.05, 3.63) is 155 Å². The molecule has 8 rings (SSSR count). The highest BCUT2D eigenvalue weighted by atomic mass is 79.9. The van der Waals surface area contributed by atoms with Crippen LogP contribution < -0.4 is 16.0 Å². The van der Waals surface area contributed by atoms with E-state index in [4.69, 9.17) is 9.72 Å². The molecule has 0 saturated carbocycles. The fourth-order valence-corrected chi connectivity index (χ4v) is 7.61. The average Bonchev–Trinajstić information content (AvgIpc) is 3.52. The maximum Gasteiger partial charge on any atom is 0.411 e. The van der Waals surface area contributed by atoms with Crippen LogP contribution in [-0.4, -0.2) is 38.5 Å². The summed E-state index contributed by atoms with van der Waals surface area (Å²) in [5, 5.41) is 10.1. The Kier molecular flexibility index (Phi) is 10.2. The Hall–Kier alpha value is -6.11. The third-order valence-corrected chi connectivity index (χ3v) is 10.8. The average molecular weight is 809 g/mol. The highest BCUT2D eigenvalue weighted by Gasteiger charge is 2.29. The lowest BCUT2D eigenvalue weighted by molar-refractivity contribution is 0.102. The van der Waals surface area contributed by atoms with Gasteiger partial charge in [-0.15, -0.1) is 0 Å². The van der Waals surface area contributed by atoms with Crippen molar-refractivity contribution in [2.24, 2.45) is 0 Å². The Bertz CT molecular complexity index is 2500. The van der Waals surface area contributed by atoms with E-state index in [0.717, 1.165) is 36.5 Å². The van der Waals surface area contributed by atoms with E-state index in [0.29, 0.717) is 28.5 Å². The molecular formula is C43H34BrN7O3S. The Morgan fingerprint density at radius 2 is 1.53 bits per heavy atom. The molecule has 0 radical (unpaired) electrons. The predicted octanol–water partition coefficient (Wildman–Crippen LogP) is 10.8. The number of amides is 2. The van der Waals surface area contributed by atoms with Gasteiger partial charge < -0.3 is 15.4 Å². The molecule has 0 spiro atoms. The molecule has 1 aliphatic carbocycles. The summed E-state index contributed by atoms with van der Waals surface area (Å²) in [5.41, 5.74) is 8.39. The van der Waals surface area contributed by atoms with E-state index >= 15 is 0 Å². The van der Waals surface area contributed by atoms with Crippen molar-refractivity contribution in [2.75, 3.05) is 22.6 Å². The van der Waals surface area contributed by atoms with Gasteiger partial charge in [-0.25, -0.2) is 24.7 Å². The van der Waals surface area contributed by atoms with Gasteiger partial charge >= 0.3 is 6.09 Å². The molecule has 0 fully saturated rings. The van der Waals surface area contributed by atoms with Gasteiger partial charge in [0.2, 0.25) is 0 Å². The molecule has 272 valence electrons. The summed E-state index contributed by atoms with van der Waals surface area (Å²) in [4.78, 5) is 45.7. The highest BCUT2D eigenvalue weighted by Crippen LogP contribution is 2.44. The molecular weight excluding hydrogens is 774 g/mol. The van der Waals surface area contributed by atoms with E-state index in [-0.39, 0.29) is 30.0 Å². The second-order valence-corrected chi connectivity index (χ2v) is 15.2. The Morgan fingerprint density at radius 1 is 0.800 bits per heavy atom. The van der Waals surface area contributed by atoms with Gasteiger partial charge in [0.25, 0.3) is 5.91 Å². The van der Waals surface area contributed by atoms with Gasteiger partial charge in [-0.2, -0.15) is 0 Å². The van der Waals surface area contributed by atoms with Crippen LogP contribution in [0.25, 0.3) is 22.2 Å². The number of carbonyl (C=O) groups excluding carboxylic acids is 2. The van der Waals surface area contributed by atoms with E-state index in [9.17, 15) is 9.59 Å². The minimum absolute atomic E-state index is 0.0222. The summed E-state index contributed by atoms with van der Waals surface area (Å²) in [7, 11) is 0. The molecule has 3 aromatic heterocycles. The Balaban J connectivity index is 0.990. The number of carbonyl (C=O) groups is 2. The molecule has 2 amide bonds. The van der Waals surface area contributed by atoms with Crippen LogP contribution in [0, 0.1) is 0 Å². The first-order valence-electron chi connectivity index (χ1n) is 17.6. The largest absolute Gasteiger partial charge is 0.448 e. The Labute approximate surface area is 330 Å². The van der Waals surface area contributed by atoms with Crippen molar-refractivity contribution in [1.82, 2.24) is 19.9 Å². The molecule has 3 N–H and O–H groups in total. The van der Waals surface area contributed by atoms with Gasteiger partial charge in [0.05, 0.1) is 11.1 Å². The van der Waals surface area contributed by atoms with Crippen molar-refractivity contribution in [3.63, 3.8) is 0 Å². The van der Waals surface area contributed by atoms with Crippen LogP contribution in [0.4, 0.5) is 27.7 Å². The zero-order valence-corrected chi connectivity index (χ0v) is 32.2. The lowest BCUT2D eigenvalue weighted by Crippen LogP contribution is -2.17. The van der Waals surface area contributed by atoms with Gasteiger partial charge in [-0.05, 0) is 111 Å². The van der Waals surface area contributed by atoms with Gasteiger partial charge in [0.15, 0.2) is 5.65 Å². The van der Waals surface area contributed by atoms with E-state index in [1.165, 1.54) is 29.2 Å². The monoisotopic (exact) mass is 807 g/mol. The quantitative estimate of drug-likeness (QED) is 0.124. The van der Waals surface area contributed by atoms with Gasteiger partial charge in [0.1, 0.15) is 24.4 Å². The Morgan fingerprint density at radius 3 is 2.24 bits per heavy atom. The zero-order valence-electron chi connectivity index (χ0n) is 29.8. The number of ether oxygens (including phenoxy) is 1. The lowest BCUT2D eigenvalue weighted by Gasteiger charge is -2.16. The van der Waals surface area contributed by atoms with Crippen LogP contribution in [0.1, 0.15) is 53.0 Å². The van der Waals surface area contributed by atoms with Crippen LogP contribution in [0.15, 0.2) is 142 Å². The summed E-state index contributed by atoms with van der Waals surface area (Å²) < 4.78 is 6.53. The fourth-order valence-electron chi connectivity index (χ4n) is 6.49. The maximum absolute atomic E-state index is 13.1. The normalized spacial score (nSPS) is 11.9. The summed E-state index contributed by atoms with van der Waals surface area (Å²) in [6.07, 6.45) is 2.55. The fraction of sp³-hybridized carbons (Fsp3) is 0.116. The molecule has 55 heavy (non-hydrogen) atoms. The number of rotatable bonds is 10. The minimum atomic E-state index is -0.517. The summed E-state index contributed by atoms with van der Waals surface area (Å²) in [6, 6.07) is 37.1. The third kappa shape index (κ3) is 7.91. The van der Waals surface area contributed by atoms with Crippen molar-refractivity contribution < 1.29 is 14.3 Å². The maximum atomic E-state index is 13.1. The molecule has 3 heterocycles. The van der Waals surface area contributed by atoms with Gasteiger partial charge in [0, 0.05) is 43.4 Å². The zero-order chi connectivity index (χ0) is 37.9. The van der Waals surface area contributed by atoms with Gasteiger partial charge in [-0.1, -0.05) is 74.1 Å². The number of anilines is 4. The predicted molar refractivity (Wildman–Crippen MR) is 220 cm³/mol. The molecule has 4 aromatic carbocycles. The summed E-state index contributed by atoms with van der Waals surface area (Å²) in [5.74, 6) is 0.470. The van der Waals surface area contributed by atoms with E-state index in [1.807, 2.05) is 78.9 Å². The number of benzene rings is 4. The van der Waals surface area contributed by atoms with Crippen LogP contribution in [0.3, 0.4) is 0 Å². The standard InChI is InChI=1S/C43H34BrN7O3S/c1-25(2)36-19-17-34-40(50-36)46-24-47-41(34)51-38-21-28(48-42(52)37-18-11-26(44)22-45-37)14-20-39(38)55-29-15-12-27(13-16-29)49-43(53)54-23-35-32-9-5-3-7-30(32)31-8-4-6-10-33(31)35/h3-22,24-25,35H,23H2,1-2H3,(H,48,52)(H,49,53)(H,46,47,50,51). The molecule has 10 nitrogen and oxygen atoms in total. The van der Waals surface area contributed by atoms with E-state index in [2.05, 4.69) is 84.9 Å². The van der Waals surface area contributed by atoms with Crippen molar-refractivity contribution in [3.8, 4) is 11.1 Å². The molecule has 12 heteroatoms. The van der Waals surface area contributed by atoms with Crippen LogP contribution in [-0.2, 0) is 4.74 Å².